The Morgan fingerprint density at radius 3 is 2.30 bits per heavy atom. The summed E-state index contributed by atoms with van der Waals surface area (Å²) in [6.45, 7) is 16.7. The third-order valence-corrected chi connectivity index (χ3v) is 5.45. The van der Waals surface area contributed by atoms with E-state index in [0.29, 0.717) is 11.5 Å². The summed E-state index contributed by atoms with van der Waals surface area (Å²) >= 11 is 0. The van der Waals surface area contributed by atoms with Crippen LogP contribution in [0, 0.1) is 17.3 Å². The Bertz CT molecular complexity index is 301. The molecule has 3 atom stereocenters. The fourth-order valence-corrected chi connectivity index (χ4v) is 3.68. The molecule has 2 rings (SSSR count). The van der Waals surface area contributed by atoms with Gasteiger partial charge in [-0.2, -0.15) is 0 Å². The van der Waals surface area contributed by atoms with E-state index in [4.69, 9.17) is 0 Å². The van der Waals surface area contributed by atoms with Crippen molar-refractivity contribution in [2.75, 3.05) is 13.1 Å². The molecular weight excluding hydrogens is 244 g/mol. The molecule has 0 aromatic heterocycles. The zero-order valence-corrected chi connectivity index (χ0v) is 14.6. The molecule has 3 unspecified atom stereocenters. The highest BCUT2D eigenvalue weighted by Gasteiger charge is 2.39. The van der Waals surface area contributed by atoms with Gasteiger partial charge in [-0.3, -0.25) is 4.90 Å². The van der Waals surface area contributed by atoms with E-state index in [1.807, 2.05) is 0 Å². The highest BCUT2D eigenvalue weighted by molar-refractivity contribution is 4.96. The van der Waals surface area contributed by atoms with Crippen LogP contribution >= 0.6 is 0 Å². The summed E-state index contributed by atoms with van der Waals surface area (Å²) in [7, 11) is 0. The molecule has 1 aliphatic carbocycles. The predicted octanol–water partition coefficient (Wildman–Crippen LogP) is 3.91. The molecule has 2 fully saturated rings. The summed E-state index contributed by atoms with van der Waals surface area (Å²) in [6, 6.07) is 2.16. The molecule has 0 bridgehead atoms. The summed E-state index contributed by atoms with van der Waals surface area (Å²) < 4.78 is 0. The van der Waals surface area contributed by atoms with Crippen LogP contribution in [-0.4, -0.2) is 36.1 Å². The zero-order chi connectivity index (χ0) is 14.9. The predicted molar refractivity (Wildman–Crippen MR) is 88.0 cm³/mol. The van der Waals surface area contributed by atoms with Gasteiger partial charge in [0, 0.05) is 31.2 Å². The lowest BCUT2D eigenvalue weighted by molar-refractivity contribution is 0.0228. The number of nitrogens with zero attached hydrogens (tertiary/aromatic N) is 1. The molecule has 1 N–H and O–H groups in total. The lowest BCUT2D eigenvalue weighted by Gasteiger charge is -2.49. The van der Waals surface area contributed by atoms with Gasteiger partial charge < -0.3 is 5.32 Å². The lowest BCUT2D eigenvalue weighted by atomic mass is 9.82. The molecular formula is C18H36N2. The second-order valence-corrected chi connectivity index (χ2v) is 8.58. The highest BCUT2D eigenvalue weighted by atomic mass is 15.3. The number of piperazine rings is 1. The van der Waals surface area contributed by atoms with Gasteiger partial charge in [0.25, 0.3) is 0 Å². The maximum Gasteiger partial charge on any atom is 0.0247 e. The van der Waals surface area contributed by atoms with Crippen molar-refractivity contribution in [3.8, 4) is 0 Å². The Hall–Kier alpha value is -0.0800. The van der Waals surface area contributed by atoms with Crippen LogP contribution in [0.15, 0.2) is 0 Å². The number of nitrogens with one attached hydrogen (secondary N) is 1. The minimum absolute atomic E-state index is 0.359. The minimum Gasteiger partial charge on any atom is -0.311 e. The first kappa shape index (κ1) is 16.3. The molecule has 0 spiro atoms. The third kappa shape index (κ3) is 3.98. The standard InChI is InChI=1S/C18H36N2/c1-7-15(10-14-8-9-14)20-12-17(18(4,5)6)19-11-16(20)13(2)3/h13-17,19H,7-12H2,1-6H3. The van der Waals surface area contributed by atoms with Crippen LogP contribution in [-0.2, 0) is 0 Å². The van der Waals surface area contributed by atoms with Crippen molar-refractivity contribution in [3.63, 3.8) is 0 Å². The Labute approximate surface area is 126 Å². The highest BCUT2D eigenvalue weighted by Crippen LogP contribution is 2.37. The van der Waals surface area contributed by atoms with E-state index in [2.05, 4.69) is 51.8 Å². The van der Waals surface area contributed by atoms with Crippen LogP contribution in [0.5, 0.6) is 0 Å². The van der Waals surface area contributed by atoms with Crippen molar-refractivity contribution in [2.45, 2.75) is 85.4 Å². The van der Waals surface area contributed by atoms with E-state index >= 15 is 0 Å². The summed E-state index contributed by atoms with van der Waals surface area (Å²) in [5, 5.41) is 3.83. The van der Waals surface area contributed by atoms with E-state index in [0.717, 1.165) is 23.9 Å². The van der Waals surface area contributed by atoms with E-state index in [-0.39, 0.29) is 0 Å². The van der Waals surface area contributed by atoms with Crippen LogP contribution in [0.25, 0.3) is 0 Å². The van der Waals surface area contributed by atoms with Crippen molar-refractivity contribution in [1.29, 1.82) is 0 Å². The van der Waals surface area contributed by atoms with Crippen molar-refractivity contribution >= 4 is 0 Å². The molecule has 2 heteroatoms. The monoisotopic (exact) mass is 280 g/mol. The fraction of sp³-hybridized carbons (Fsp3) is 1.00. The Morgan fingerprint density at radius 1 is 1.20 bits per heavy atom. The fourth-order valence-electron chi connectivity index (χ4n) is 3.68. The first-order valence-corrected chi connectivity index (χ1v) is 8.82. The molecule has 118 valence electrons. The molecule has 20 heavy (non-hydrogen) atoms. The first-order valence-electron chi connectivity index (χ1n) is 8.82. The van der Waals surface area contributed by atoms with Gasteiger partial charge in [-0.15, -0.1) is 0 Å². The normalized spacial score (nSPS) is 30.8. The van der Waals surface area contributed by atoms with Gasteiger partial charge in [-0.05, 0) is 30.1 Å². The number of hydrogen-bond acceptors (Lipinski definition) is 2. The molecule has 1 saturated heterocycles. The van der Waals surface area contributed by atoms with Gasteiger partial charge in [0.1, 0.15) is 0 Å². The molecule has 1 heterocycles. The molecule has 0 amide bonds. The second-order valence-electron chi connectivity index (χ2n) is 8.58. The summed E-state index contributed by atoms with van der Waals surface area (Å²) in [5.41, 5.74) is 0.359. The smallest absolute Gasteiger partial charge is 0.0247 e. The van der Waals surface area contributed by atoms with E-state index in [1.54, 1.807) is 0 Å². The average Bonchev–Trinajstić information content (AvgIpc) is 3.18. The first-order chi connectivity index (χ1) is 9.32. The van der Waals surface area contributed by atoms with Crippen molar-refractivity contribution in [3.05, 3.63) is 0 Å². The number of hydrogen-bond donors (Lipinski definition) is 1. The van der Waals surface area contributed by atoms with Gasteiger partial charge in [0.2, 0.25) is 0 Å². The van der Waals surface area contributed by atoms with E-state index in [9.17, 15) is 0 Å². The molecule has 0 aromatic rings. The summed E-state index contributed by atoms with van der Waals surface area (Å²) in [4.78, 5) is 2.87. The Kier molecular flexibility index (Phi) is 5.18. The van der Waals surface area contributed by atoms with Gasteiger partial charge in [0.15, 0.2) is 0 Å². The minimum atomic E-state index is 0.359. The van der Waals surface area contributed by atoms with Crippen LogP contribution < -0.4 is 5.32 Å². The van der Waals surface area contributed by atoms with E-state index < -0.39 is 0 Å². The Balaban J connectivity index is 2.08. The molecule has 2 nitrogen and oxygen atoms in total. The molecule has 0 aromatic carbocycles. The third-order valence-electron chi connectivity index (χ3n) is 5.45. The van der Waals surface area contributed by atoms with Gasteiger partial charge >= 0.3 is 0 Å². The van der Waals surface area contributed by atoms with Crippen LogP contribution in [0.4, 0.5) is 0 Å². The molecule has 2 aliphatic rings. The lowest BCUT2D eigenvalue weighted by Crippen LogP contribution is -2.63. The average molecular weight is 281 g/mol. The van der Waals surface area contributed by atoms with Gasteiger partial charge in [-0.25, -0.2) is 0 Å². The molecule has 0 radical (unpaired) electrons. The zero-order valence-electron chi connectivity index (χ0n) is 14.6. The maximum atomic E-state index is 3.83. The summed E-state index contributed by atoms with van der Waals surface area (Å²) in [6.07, 6.45) is 5.72. The SMILES string of the molecule is CCC(CC1CC1)N1CC(C(C)(C)C)NCC1C(C)C. The number of rotatable bonds is 5. The molecule has 1 aliphatic heterocycles. The van der Waals surface area contributed by atoms with Crippen LogP contribution in [0.3, 0.4) is 0 Å². The van der Waals surface area contributed by atoms with Crippen molar-refractivity contribution in [1.82, 2.24) is 10.2 Å². The van der Waals surface area contributed by atoms with Gasteiger partial charge in [-0.1, -0.05) is 54.4 Å². The molecule has 1 saturated carbocycles. The van der Waals surface area contributed by atoms with Crippen molar-refractivity contribution < 1.29 is 0 Å². The van der Waals surface area contributed by atoms with Crippen molar-refractivity contribution in [2.24, 2.45) is 17.3 Å². The Morgan fingerprint density at radius 2 is 1.85 bits per heavy atom. The van der Waals surface area contributed by atoms with Crippen LogP contribution in [0.2, 0.25) is 0 Å². The maximum absolute atomic E-state index is 3.83. The largest absolute Gasteiger partial charge is 0.311 e. The topological polar surface area (TPSA) is 15.3 Å². The van der Waals surface area contributed by atoms with Gasteiger partial charge in [0.05, 0.1) is 0 Å². The van der Waals surface area contributed by atoms with E-state index in [1.165, 1.54) is 38.8 Å². The van der Waals surface area contributed by atoms with Crippen LogP contribution in [0.1, 0.15) is 67.2 Å². The quantitative estimate of drug-likeness (QED) is 0.821. The summed E-state index contributed by atoms with van der Waals surface area (Å²) in [5.74, 6) is 1.78. The second kappa shape index (κ2) is 6.36.